The molecule has 0 aliphatic heterocycles. The van der Waals surface area contributed by atoms with Gasteiger partial charge >= 0.3 is 12.1 Å². The fourth-order valence-corrected chi connectivity index (χ4v) is 2.29. The van der Waals surface area contributed by atoms with Gasteiger partial charge in [0.05, 0.1) is 0 Å². The number of ether oxygens (including phenoxy) is 2. The second kappa shape index (κ2) is 8.55. The summed E-state index contributed by atoms with van der Waals surface area (Å²) in [4.78, 5) is 23.4. The van der Waals surface area contributed by atoms with Gasteiger partial charge in [-0.15, -0.1) is 0 Å². The van der Waals surface area contributed by atoms with Crippen LogP contribution in [0.5, 0.6) is 11.5 Å². The van der Waals surface area contributed by atoms with Gasteiger partial charge in [0.25, 0.3) is 0 Å². The molecule has 0 aliphatic rings. The fraction of sp³-hybridized carbons (Fsp3) is 0.300. The zero-order valence-electron chi connectivity index (χ0n) is 15.4. The van der Waals surface area contributed by atoms with Crippen molar-refractivity contribution in [3.63, 3.8) is 0 Å². The Hall–Kier alpha value is -3.06. The van der Waals surface area contributed by atoms with Crippen LogP contribution in [0.15, 0.2) is 54.6 Å². The first kappa shape index (κ1) is 20.3. The van der Waals surface area contributed by atoms with Crippen molar-refractivity contribution in [1.29, 1.82) is 0 Å². The van der Waals surface area contributed by atoms with Gasteiger partial charge in [-0.05, 0) is 50.6 Å². The van der Waals surface area contributed by atoms with Gasteiger partial charge in [-0.1, -0.05) is 30.3 Å². The highest BCUT2D eigenvalue weighted by atomic mass is 16.6. The van der Waals surface area contributed by atoms with E-state index in [9.17, 15) is 19.8 Å². The third-order valence-electron chi connectivity index (χ3n) is 3.43. The van der Waals surface area contributed by atoms with Crippen molar-refractivity contribution in [2.75, 3.05) is 0 Å². The van der Waals surface area contributed by atoms with Crippen LogP contribution in [0.1, 0.15) is 32.4 Å². The summed E-state index contributed by atoms with van der Waals surface area (Å²) in [5, 5.41) is 22.1. The molecule has 7 heteroatoms. The maximum atomic E-state index is 11.9. The van der Waals surface area contributed by atoms with Crippen molar-refractivity contribution < 1.29 is 29.3 Å². The molecule has 0 saturated heterocycles. The average Bonchev–Trinajstić information content (AvgIpc) is 2.58. The quantitative estimate of drug-likeness (QED) is 0.716. The van der Waals surface area contributed by atoms with E-state index in [2.05, 4.69) is 5.32 Å². The molecule has 0 aromatic heterocycles. The van der Waals surface area contributed by atoms with Gasteiger partial charge < -0.3 is 25.0 Å². The molecule has 144 valence electrons. The average molecular weight is 373 g/mol. The SMILES string of the molecule is CC(C)(C)OC(=O)N[C@@H](C(=O)O)[C@@H](O)c1cccc(Oc2ccccc2)c1. The van der Waals surface area contributed by atoms with Crippen LogP contribution in [0.3, 0.4) is 0 Å². The number of para-hydroxylation sites is 1. The number of rotatable bonds is 6. The van der Waals surface area contributed by atoms with E-state index in [-0.39, 0.29) is 5.56 Å². The van der Waals surface area contributed by atoms with Crippen molar-refractivity contribution >= 4 is 12.1 Å². The van der Waals surface area contributed by atoms with E-state index in [4.69, 9.17) is 9.47 Å². The zero-order chi connectivity index (χ0) is 20.0. The Morgan fingerprint density at radius 1 is 1.00 bits per heavy atom. The Kier molecular flexibility index (Phi) is 6.41. The minimum atomic E-state index is -1.58. The number of aliphatic hydroxyl groups excluding tert-OH is 1. The summed E-state index contributed by atoms with van der Waals surface area (Å²) in [6, 6.07) is 13.8. The van der Waals surface area contributed by atoms with E-state index in [0.29, 0.717) is 11.5 Å². The Morgan fingerprint density at radius 3 is 2.22 bits per heavy atom. The number of hydrogen-bond donors (Lipinski definition) is 3. The van der Waals surface area contributed by atoms with Crippen molar-refractivity contribution in [3.8, 4) is 11.5 Å². The highest BCUT2D eigenvalue weighted by Crippen LogP contribution is 2.26. The van der Waals surface area contributed by atoms with Crippen LogP contribution in [0, 0.1) is 0 Å². The predicted octanol–water partition coefficient (Wildman–Crippen LogP) is 3.49. The third kappa shape index (κ3) is 6.31. The summed E-state index contributed by atoms with van der Waals surface area (Å²) in [6.45, 7) is 4.97. The number of carbonyl (C=O) groups is 2. The van der Waals surface area contributed by atoms with Crippen LogP contribution in [-0.4, -0.2) is 33.9 Å². The monoisotopic (exact) mass is 373 g/mol. The van der Waals surface area contributed by atoms with Crippen LogP contribution in [0.2, 0.25) is 0 Å². The van der Waals surface area contributed by atoms with Gasteiger partial charge in [0.2, 0.25) is 0 Å². The first-order valence-corrected chi connectivity index (χ1v) is 8.39. The third-order valence-corrected chi connectivity index (χ3v) is 3.43. The lowest BCUT2D eigenvalue weighted by atomic mass is 10.0. The molecule has 0 saturated carbocycles. The molecular formula is C20H23NO6. The van der Waals surface area contributed by atoms with E-state index in [1.807, 2.05) is 18.2 Å². The number of amides is 1. The molecule has 0 spiro atoms. The van der Waals surface area contributed by atoms with Crippen LogP contribution in [0.4, 0.5) is 4.79 Å². The maximum Gasteiger partial charge on any atom is 0.408 e. The maximum absolute atomic E-state index is 11.9. The molecule has 0 radical (unpaired) electrons. The molecule has 0 bridgehead atoms. The number of carbonyl (C=O) groups excluding carboxylic acids is 1. The first-order valence-electron chi connectivity index (χ1n) is 8.39. The Labute approximate surface area is 157 Å². The summed E-state index contributed by atoms with van der Waals surface area (Å²) < 4.78 is 10.7. The molecule has 2 atom stereocenters. The number of carboxylic acids is 1. The van der Waals surface area contributed by atoms with Crippen molar-refractivity contribution in [1.82, 2.24) is 5.32 Å². The summed E-state index contributed by atoms with van der Waals surface area (Å²) in [5.74, 6) is -0.354. The van der Waals surface area contributed by atoms with Gasteiger partial charge in [0.15, 0.2) is 6.04 Å². The predicted molar refractivity (Wildman–Crippen MR) is 98.7 cm³/mol. The summed E-state index contributed by atoms with van der Waals surface area (Å²) in [7, 11) is 0. The Morgan fingerprint density at radius 2 is 1.63 bits per heavy atom. The number of nitrogens with one attached hydrogen (secondary N) is 1. The number of aliphatic hydroxyl groups is 1. The van der Waals surface area contributed by atoms with Gasteiger partial charge in [-0.3, -0.25) is 0 Å². The van der Waals surface area contributed by atoms with Gasteiger partial charge in [0.1, 0.15) is 23.2 Å². The summed E-state index contributed by atoms with van der Waals surface area (Å²) in [6.07, 6.45) is -2.42. The molecule has 0 unspecified atom stereocenters. The highest BCUT2D eigenvalue weighted by Gasteiger charge is 2.31. The molecule has 0 fully saturated rings. The molecule has 0 heterocycles. The molecule has 7 nitrogen and oxygen atoms in total. The lowest BCUT2D eigenvalue weighted by molar-refractivity contribution is -0.142. The number of alkyl carbamates (subject to hydrolysis) is 1. The molecule has 0 aliphatic carbocycles. The number of aliphatic carboxylic acids is 1. The first-order chi connectivity index (χ1) is 12.7. The van der Waals surface area contributed by atoms with Gasteiger partial charge in [-0.2, -0.15) is 0 Å². The molecule has 2 rings (SSSR count). The van der Waals surface area contributed by atoms with E-state index in [1.54, 1.807) is 51.1 Å². The van der Waals surface area contributed by atoms with E-state index in [0.717, 1.165) is 0 Å². The largest absolute Gasteiger partial charge is 0.480 e. The molecule has 3 N–H and O–H groups in total. The second-order valence-corrected chi connectivity index (χ2v) is 6.89. The zero-order valence-corrected chi connectivity index (χ0v) is 15.4. The van der Waals surface area contributed by atoms with E-state index in [1.165, 1.54) is 6.07 Å². The fourth-order valence-electron chi connectivity index (χ4n) is 2.29. The molecule has 2 aromatic carbocycles. The number of hydrogen-bond acceptors (Lipinski definition) is 5. The van der Waals surface area contributed by atoms with Crippen molar-refractivity contribution in [2.45, 2.75) is 38.5 Å². The van der Waals surface area contributed by atoms with Crippen LogP contribution < -0.4 is 10.1 Å². The Bertz CT molecular complexity index is 785. The van der Waals surface area contributed by atoms with Crippen LogP contribution in [-0.2, 0) is 9.53 Å². The van der Waals surface area contributed by atoms with E-state index >= 15 is 0 Å². The topological polar surface area (TPSA) is 105 Å². The number of benzene rings is 2. The van der Waals surface area contributed by atoms with Crippen molar-refractivity contribution in [2.24, 2.45) is 0 Å². The van der Waals surface area contributed by atoms with Crippen molar-refractivity contribution in [3.05, 3.63) is 60.2 Å². The minimum absolute atomic E-state index is 0.284. The molecule has 2 aromatic rings. The standard InChI is InChI=1S/C20H23NO6/c1-20(2,3)27-19(25)21-16(18(23)24)17(22)13-8-7-11-15(12-13)26-14-9-5-4-6-10-14/h4-12,16-17,22H,1-3H3,(H,21,25)(H,23,24)/t16-,17+/m1/s1. The molecule has 1 amide bonds. The van der Waals surface area contributed by atoms with Crippen LogP contribution >= 0.6 is 0 Å². The van der Waals surface area contributed by atoms with Crippen LogP contribution in [0.25, 0.3) is 0 Å². The lowest BCUT2D eigenvalue weighted by Gasteiger charge is -2.24. The minimum Gasteiger partial charge on any atom is -0.480 e. The number of carboxylic acid groups (broad SMARTS) is 1. The summed E-state index contributed by atoms with van der Waals surface area (Å²) in [5.41, 5.74) is -0.506. The smallest absolute Gasteiger partial charge is 0.408 e. The molecular weight excluding hydrogens is 350 g/mol. The highest BCUT2D eigenvalue weighted by molar-refractivity contribution is 5.81. The van der Waals surface area contributed by atoms with Gasteiger partial charge in [-0.25, -0.2) is 9.59 Å². The molecule has 27 heavy (non-hydrogen) atoms. The normalized spacial score (nSPS) is 13.3. The summed E-state index contributed by atoms with van der Waals surface area (Å²) >= 11 is 0. The Balaban J connectivity index is 2.15. The lowest BCUT2D eigenvalue weighted by Crippen LogP contribution is -2.46. The second-order valence-electron chi connectivity index (χ2n) is 6.89. The van der Waals surface area contributed by atoms with Gasteiger partial charge in [0, 0.05) is 0 Å². The van der Waals surface area contributed by atoms with E-state index < -0.39 is 29.8 Å².